The lowest BCUT2D eigenvalue weighted by Crippen LogP contribution is -2.08. The predicted molar refractivity (Wildman–Crippen MR) is 58.0 cm³/mol. The summed E-state index contributed by atoms with van der Waals surface area (Å²) in [6.07, 6.45) is 0. The lowest BCUT2D eigenvalue weighted by molar-refractivity contribution is -0.138. The van der Waals surface area contributed by atoms with Crippen molar-refractivity contribution in [1.82, 2.24) is 0 Å². The first-order chi connectivity index (χ1) is 7.04. The quantitative estimate of drug-likeness (QED) is 0.273. The van der Waals surface area contributed by atoms with Gasteiger partial charge in [0.1, 0.15) is 6.61 Å². The van der Waals surface area contributed by atoms with Crippen LogP contribution in [0, 0.1) is 0 Å². The molecule has 88 valence electrons. The number of hydrogen-bond acceptors (Lipinski definition) is 6. The molecule has 7 heteroatoms. The van der Waals surface area contributed by atoms with Gasteiger partial charge in [0.25, 0.3) is 0 Å². The van der Waals surface area contributed by atoms with Crippen LogP contribution < -0.4 is 0 Å². The van der Waals surface area contributed by atoms with E-state index >= 15 is 0 Å². The van der Waals surface area contributed by atoms with E-state index in [4.69, 9.17) is 4.74 Å². The zero-order chi connectivity index (χ0) is 11.7. The Morgan fingerprint density at radius 2 is 2.07 bits per heavy atom. The molecule has 0 fully saturated rings. The molecule has 0 spiro atoms. The molecule has 1 unspecified atom stereocenters. The van der Waals surface area contributed by atoms with Crippen molar-refractivity contribution >= 4 is 29.1 Å². The van der Waals surface area contributed by atoms with Crippen LogP contribution in [0.4, 0.5) is 0 Å². The number of rotatable bonds is 8. The van der Waals surface area contributed by atoms with Crippen LogP contribution in [0.3, 0.4) is 0 Å². The zero-order valence-corrected chi connectivity index (χ0v) is 10.0. The summed E-state index contributed by atoms with van der Waals surface area (Å²) in [5.41, 5.74) is 0.366. The van der Waals surface area contributed by atoms with Gasteiger partial charge in [-0.15, -0.1) is 0 Å². The van der Waals surface area contributed by atoms with Crippen LogP contribution >= 0.6 is 11.8 Å². The molecule has 0 aromatic heterocycles. The molecule has 0 saturated heterocycles. The number of esters is 1. The molecule has 0 aliphatic carbocycles. The summed E-state index contributed by atoms with van der Waals surface area (Å²) >= 11 is -1.00. The summed E-state index contributed by atoms with van der Waals surface area (Å²) < 4.78 is 29.0. The van der Waals surface area contributed by atoms with Gasteiger partial charge >= 0.3 is 5.97 Å². The van der Waals surface area contributed by atoms with Crippen LogP contribution in [-0.4, -0.2) is 39.5 Å². The second-order valence-electron chi connectivity index (χ2n) is 2.55. The third kappa shape index (κ3) is 9.92. The lowest BCUT2D eigenvalue weighted by Gasteiger charge is -2.06. The van der Waals surface area contributed by atoms with E-state index in [2.05, 4.69) is 10.8 Å². The van der Waals surface area contributed by atoms with Gasteiger partial charge in [0.05, 0.1) is 18.0 Å². The fourth-order valence-corrected chi connectivity index (χ4v) is 1.51. The highest BCUT2D eigenvalue weighted by Gasteiger charge is 2.01. The highest BCUT2D eigenvalue weighted by Crippen LogP contribution is 2.01. The first kappa shape index (κ1) is 14.6. The third-order valence-corrected chi connectivity index (χ3v) is 2.49. The molecule has 0 bridgehead atoms. The van der Waals surface area contributed by atoms with Gasteiger partial charge in [-0.25, -0.2) is 9.00 Å². The Labute approximate surface area is 95.7 Å². The van der Waals surface area contributed by atoms with Gasteiger partial charge in [-0.2, -0.15) is 11.8 Å². The molecular formula is C8H13O5S2-. The van der Waals surface area contributed by atoms with E-state index in [-0.39, 0.29) is 13.2 Å². The fourth-order valence-electron chi connectivity index (χ4n) is 0.580. The smallest absolute Gasteiger partial charge is 0.333 e. The van der Waals surface area contributed by atoms with Crippen molar-refractivity contribution in [2.45, 2.75) is 6.92 Å². The Morgan fingerprint density at radius 3 is 2.60 bits per heavy atom. The molecule has 0 N–H and O–H groups in total. The number of ether oxygens (including phenoxy) is 1. The molecule has 0 aliphatic rings. The van der Waals surface area contributed by atoms with E-state index in [1.807, 2.05) is 0 Å². The largest absolute Gasteiger partial charge is 0.750 e. The zero-order valence-electron chi connectivity index (χ0n) is 8.39. The van der Waals surface area contributed by atoms with Gasteiger partial charge in [0, 0.05) is 17.1 Å². The molecule has 0 aromatic rings. The molecule has 0 amide bonds. The average molecular weight is 253 g/mol. The van der Waals surface area contributed by atoms with Crippen LogP contribution in [0.25, 0.3) is 0 Å². The second kappa shape index (κ2) is 8.90. The van der Waals surface area contributed by atoms with Gasteiger partial charge < -0.3 is 9.29 Å². The minimum atomic E-state index is -2.45. The van der Waals surface area contributed by atoms with Crippen LogP contribution in [0.1, 0.15) is 6.92 Å². The van der Waals surface area contributed by atoms with E-state index in [0.29, 0.717) is 17.1 Å². The Balaban J connectivity index is 3.22. The molecule has 0 rings (SSSR count). The second-order valence-corrected chi connectivity index (χ2v) is 4.42. The summed E-state index contributed by atoms with van der Waals surface area (Å²) in [4.78, 5) is 10.9. The van der Waals surface area contributed by atoms with E-state index in [0.717, 1.165) is 0 Å². The van der Waals surface area contributed by atoms with Crippen molar-refractivity contribution in [3.05, 3.63) is 12.2 Å². The predicted octanol–water partition coefficient (Wildman–Crippen LogP) is 0.650. The van der Waals surface area contributed by atoms with Crippen molar-refractivity contribution < 1.29 is 22.5 Å². The highest BCUT2D eigenvalue weighted by molar-refractivity contribution is 7.99. The molecule has 15 heavy (non-hydrogen) atoms. The Hall–Kier alpha value is -0.370. The first-order valence-corrected chi connectivity index (χ1v) is 6.32. The van der Waals surface area contributed by atoms with Crippen LogP contribution in [-0.2, 0) is 25.1 Å². The van der Waals surface area contributed by atoms with E-state index in [1.54, 1.807) is 6.92 Å². The summed E-state index contributed by atoms with van der Waals surface area (Å²) in [6, 6.07) is 0. The maximum atomic E-state index is 10.9. The van der Waals surface area contributed by atoms with Gasteiger partial charge in [-0.3, -0.25) is 4.18 Å². The normalized spacial score (nSPS) is 12.1. The SMILES string of the molecule is C=C(C)C(=O)OCCSCCOS(=O)[O-]. The summed E-state index contributed by atoms with van der Waals surface area (Å²) in [7, 11) is 0. The summed E-state index contributed by atoms with van der Waals surface area (Å²) in [5.74, 6) is 0.736. The molecule has 5 nitrogen and oxygen atoms in total. The minimum Gasteiger partial charge on any atom is -0.750 e. The molecule has 1 atom stereocenters. The Bertz CT molecular complexity index is 241. The highest BCUT2D eigenvalue weighted by atomic mass is 32.2. The summed E-state index contributed by atoms with van der Waals surface area (Å²) in [6.45, 7) is 5.43. The first-order valence-electron chi connectivity index (χ1n) is 4.17. The number of hydrogen-bond donors (Lipinski definition) is 0. The monoisotopic (exact) mass is 253 g/mol. The van der Waals surface area contributed by atoms with Crippen LogP contribution in [0.15, 0.2) is 12.2 Å². The van der Waals surface area contributed by atoms with Crippen molar-refractivity contribution in [3.63, 3.8) is 0 Å². The number of thioether (sulfide) groups is 1. The fraction of sp³-hybridized carbons (Fsp3) is 0.625. The van der Waals surface area contributed by atoms with Crippen LogP contribution in [0.2, 0.25) is 0 Å². The van der Waals surface area contributed by atoms with Crippen molar-refractivity contribution in [2.24, 2.45) is 0 Å². The molecule has 0 aliphatic heterocycles. The summed E-state index contributed by atoms with van der Waals surface area (Å²) in [5, 5.41) is 0. The van der Waals surface area contributed by atoms with Gasteiger partial charge in [-0.1, -0.05) is 6.58 Å². The lowest BCUT2D eigenvalue weighted by atomic mass is 10.4. The molecule has 0 radical (unpaired) electrons. The number of carbonyl (C=O) groups is 1. The topological polar surface area (TPSA) is 75.7 Å². The molecule has 0 heterocycles. The van der Waals surface area contributed by atoms with Crippen molar-refractivity contribution in [3.8, 4) is 0 Å². The van der Waals surface area contributed by atoms with Gasteiger partial charge in [0.2, 0.25) is 0 Å². The van der Waals surface area contributed by atoms with E-state index < -0.39 is 17.3 Å². The van der Waals surface area contributed by atoms with Gasteiger partial charge in [0.15, 0.2) is 0 Å². The maximum Gasteiger partial charge on any atom is 0.333 e. The van der Waals surface area contributed by atoms with E-state index in [9.17, 15) is 13.6 Å². The van der Waals surface area contributed by atoms with Crippen LogP contribution in [0.5, 0.6) is 0 Å². The Morgan fingerprint density at radius 1 is 1.47 bits per heavy atom. The maximum absolute atomic E-state index is 10.9. The van der Waals surface area contributed by atoms with Gasteiger partial charge in [-0.05, 0) is 6.92 Å². The third-order valence-electron chi connectivity index (χ3n) is 1.22. The Kier molecular flexibility index (Phi) is 8.68. The molecule has 0 saturated carbocycles. The number of carbonyl (C=O) groups excluding carboxylic acids is 1. The van der Waals surface area contributed by atoms with Crippen molar-refractivity contribution in [2.75, 3.05) is 24.7 Å². The van der Waals surface area contributed by atoms with Crippen molar-refractivity contribution in [1.29, 1.82) is 0 Å². The molecule has 0 aromatic carbocycles. The molecular weight excluding hydrogens is 240 g/mol. The van der Waals surface area contributed by atoms with E-state index in [1.165, 1.54) is 11.8 Å². The minimum absolute atomic E-state index is 0.134. The average Bonchev–Trinajstić information content (AvgIpc) is 2.15. The standard InChI is InChI=1S/C8H14O5S2/c1-7(2)8(9)12-3-5-14-6-4-13-15(10)11/h1,3-6H2,2H3,(H,10,11)/p-1.